The Labute approximate surface area is 113 Å². The summed E-state index contributed by atoms with van der Waals surface area (Å²) in [6, 6.07) is 5.60. The molecule has 0 bridgehead atoms. The molecule has 2 heterocycles. The normalized spacial score (nSPS) is 12.6. The van der Waals surface area contributed by atoms with E-state index in [0.717, 1.165) is 17.4 Å². The highest BCUT2D eigenvalue weighted by Crippen LogP contribution is 2.18. The van der Waals surface area contributed by atoms with Crippen molar-refractivity contribution >= 4 is 5.82 Å². The van der Waals surface area contributed by atoms with Gasteiger partial charge in [0.2, 0.25) is 0 Å². The fraction of sp³-hybridized carbons (Fsp3) is 0.429. The van der Waals surface area contributed by atoms with Crippen LogP contribution in [0.3, 0.4) is 0 Å². The van der Waals surface area contributed by atoms with Gasteiger partial charge in [-0.1, -0.05) is 13.8 Å². The molecule has 2 aromatic heterocycles. The van der Waals surface area contributed by atoms with Crippen LogP contribution < -0.4 is 5.32 Å². The maximum Gasteiger partial charge on any atom is 0.134 e. The van der Waals surface area contributed by atoms with Gasteiger partial charge in [-0.2, -0.15) is 0 Å². The molecule has 1 unspecified atom stereocenters. The van der Waals surface area contributed by atoms with Crippen molar-refractivity contribution in [3.63, 3.8) is 0 Å². The van der Waals surface area contributed by atoms with E-state index in [-0.39, 0.29) is 6.10 Å². The lowest BCUT2D eigenvalue weighted by Crippen LogP contribution is -2.15. The van der Waals surface area contributed by atoms with Gasteiger partial charge in [0.1, 0.15) is 23.5 Å². The second-order valence-corrected chi connectivity index (χ2v) is 4.58. The maximum absolute atomic E-state index is 5.39. The number of ether oxygens (including phenoxy) is 1. The van der Waals surface area contributed by atoms with E-state index in [1.807, 2.05) is 18.2 Å². The number of hydrogen-bond donors (Lipinski definition) is 1. The van der Waals surface area contributed by atoms with E-state index in [9.17, 15) is 0 Å². The van der Waals surface area contributed by atoms with Crippen LogP contribution in [0.5, 0.6) is 0 Å². The summed E-state index contributed by atoms with van der Waals surface area (Å²) in [4.78, 5) is 8.69. The highest BCUT2D eigenvalue weighted by atomic mass is 16.5. The number of furan rings is 1. The van der Waals surface area contributed by atoms with Crippen LogP contribution in [0.1, 0.15) is 37.5 Å². The molecule has 0 saturated heterocycles. The minimum Gasteiger partial charge on any atom is -0.467 e. The van der Waals surface area contributed by atoms with Crippen molar-refractivity contribution in [2.75, 3.05) is 19.0 Å². The summed E-state index contributed by atoms with van der Waals surface area (Å²) in [5.74, 6) is 2.74. The summed E-state index contributed by atoms with van der Waals surface area (Å²) < 4.78 is 10.7. The topological polar surface area (TPSA) is 60.2 Å². The third-order valence-corrected chi connectivity index (χ3v) is 2.80. The van der Waals surface area contributed by atoms with Crippen molar-refractivity contribution in [2.45, 2.75) is 25.9 Å². The van der Waals surface area contributed by atoms with E-state index in [4.69, 9.17) is 9.15 Å². The molecule has 0 aliphatic carbocycles. The molecular weight excluding hydrogens is 242 g/mol. The highest BCUT2D eigenvalue weighted by Gasteiger charge is 2.13. The monoisotopic (exact) mass is 261 g/mol. The van der Waals surface area contributed by atoms with Crippen LogP contribution in [0.4, 0.5) is 5.82 Å². The number of anilines is 1. The minimum atomic E-state index is -0.132. The first-order valence-electron chi connectivity index (χ1n) is 6.33. The Hall–Kier alpha value is -1.88. The van der Waals surface area contributed by atoms with E-state index in [0.29, 0.717) is 12.5 Å². The predicted molar refractivity (Wildman–Crippen MR) is 73.1 cm³/mol. The lowest BCUT2D eigenvalue weighted by molar-refractivity contribution is 0.0943. The minimum absolute atomic E-state index is 0.132. The van der Waals surface area contributed by atoms with Crippen molar-refractivity contribution in [3.8, 4) is 0 Å². The maximum atomic E-state index is 5.39. The van der Waals surface area contributed by atoms with Gasteiger partial charge in [0.05, 0.1) is 6.26 Å². The molecule has 2 rings (SSSR count). The van der Waals surface area contributed by atoms with E-state index in [1.165, 1.54) is 0 Å². The van der Waals surface area contributed by atoms with Gasteiger partial charge in [0.25, 0.3) is 0 Å². The van der Waals surface area contributed by atoms with Gasteiger partial charge in [-0.05, 0) is 18.2 Å². The summed E-state index contributed by atoms with van der Waals surface area (Å²) in [6.07, 6.45) is 3.27. The molecule has 0 aliphatic heterocycles. The van der Waals surface area contributed by atoms with Gasteiger partial charge in [0, 0.05) is 25.8 Å². The summed E-state index contributed by atoms with van der Waals surface area (Å²) in [7, 11) is 1.66. The molecule has 2 aromatic rings. The number of methoxy groups -OCH3 is 1. The van der Waals surface area contributed by atoms with Crippen LogP contribution in [0.25, 0.3) is 0 Å². The number of aromatic nitrogens is 2. The average Bonchev–Trinajstić information content (AvgIpc) is 2.94. The number of nitrogens with zero attached hydrogens (tertiary/aromatic N) is 2. The van der Waals surface area contributed by atoms with E-state index >= 15 is 0 Å². The molecule has 19 heavy (non-hydrogen) atoms. The average molecular weight is 261 g/mol. The van der Waals surface area contributed by atoms with Crippen LogP contribution in [-0.4, -0.2) is 23.6 Å². The molecule has 1 N–H and O–H groups in total. The standard InChI is InChI=1S/C14H19N3O2/c1-10(2)14-15-7-6-13(17-14)16-9-12(18-3)11-5-4-8-19-11/h4-8,10,12H,9H2,1-3H3,(H,15,16,17). The van der Waals surface area contributed by atoms with E-state index in [1.54, 1.807) is 19.6 Å². The van der Waals surface area contributed by atoms with Crippen molar-refractivity contribution in [1.29, 1.82) is 0 Å². The molecule has 5 nitrogen and oxygen atoms in total. The smallest absolute Gasteiger partial charge is 0.134 e. The summed E-state index contributed by atoms with van der Waals surface area (Å²) in [6.45, 7) is 4.73. The first kappa shape index (κ1) is 13.5. The Bertz CT molecular complexity index is 497. The molecule has 0 fully saturated rings. The third kappa shape index (κ3) is 3.54. The Morgan fingerprint density at radius 1 is 1.37 bits per heavy atom. The van der Waals surface area contributed by atoms with Gasteiger partial charge >= 0.3 is 0 Å². The first-order valence-corrected chi connectivity index (χ1v) is 6.33. The second kappa shape index (κ2) is 6.33. The quantitative estimate of drug-likeness (QED) is 0.866. The van der Waals surface area contributed by atoms with Crippen LogP contribution in [0.15, 0.2) is 35.1 Å². The van der Waals surface area contributed by atoms with Crippen molar-refractivity contribution in [3.05, 3.63) is 42.2 Å². The molecule has 0 radical (unpaired) electrons. The van der Waals surface area contributed by atoms with Gasteiger partial charge in [-0.3, -0.25) is 0 Å². The molecule has 5 heteroatoms. The Morgan fingerprint density at radius 2 is 2.21 bits per heavy atom. The fourth-order valence-corrected chi connectivity index (χ4v) is 1.72. The molecule has 0 amide bonds. The zero-order valence-corrected chi connectivity index (χ0v) is 11.5. The lowest BCUT2D eigenvalue weighted by Gasteiger charge is -2.14. The number of nitrogens with one attached hydrogen (secondary N) is 1. The largest absolute Gasteiger partial charge is 0.467 e. The van der Waals surface area contributed by atoms with Crippen LogP contribution in [0, 0.1) is 0 Å². The summed E-state index contributed by atoms with van der Waals surface area (Å²) in [5, 5.41) is 3.24. The van der Waals surface area contributed by atoms with Crippen molar-refractivity contribution in [1.82, 2.24) is 9.97 Å². The summed E-state index contributed by atoms with van der Waals surface area (Å²) in [5.41, 5.74) is 0. The SMILES string of the molecule is COC(CNc1ccnc(C(C)C)n1)c1ccco1. The Balaban J connectivity index is 1.99. The van der Waals surface area contributed by atoms with Gasteiger partial charge in [-0.25, -0.2) is 9.97 Å². The molecule has 102 valence electrons. The second-order valence-electron chi connectivity index (χ2n) is 4.58. The van der Waals surface area contributed by atoms with E-state index in [2.05, 4.69) is 29.1 Å². The van der Waals surface area contributed by atoms with Crippen molar-refractivity contribution < 1.29 is 9.15 Å². The molecule has 1 atom stereocenters. The molecule has 0 spiro atoms. The van der Waals surface area contributed by atoms with Crippen LogP contribution in [-0.2, 0) is 4.74 Å². The Kier molecular flexibility index (Phi) is 4.52. The van der Waals surface area contributed by atoms with E-state index < -0.39 is 0 Å². The lowest BCUT2D eigenvalue weighted by atomic mass is 10.2. The van der Waals surface area contributed by atoms with Gasteiger partial charge in [-0.15, -0.1) is 0 Å². The van der Waals surface area contributed by atoms with Crippen molar-refractivity contribution in [2.24, 2.45) is 0 Å². The number of hydrogen-bond acceptors (Lipinski definition) is 5. The molecular formula is C14H19N3O2. The number of rotatable bonds is 6. The van der Waals surface area contributed by atoms with Crippen LogP contribution in [0.2, 0.25) is 0 Å². The predicted octanol–water partition coefficient (Wildman–Crippen LogP) is 2.99. The zero-order chi connectivity index (χ0) is 13.7. The van der Waals surface area contributed by atoms with Gasteiger partial charge < -0.3 is 14.5 Å². The van der Waals surface area contributed by atoms with Crippen LogP contribution >= 0.6 is 0 Å². The summed E-state index contributed by atoms with van der Waals surface area (Å²) >= 11 is 0. The third-order valence-electron chi connectivity index (χ3n) is 2.80. The Morgan fingerprint density at radius 3 is 2.84 bits per heavy atom. The first-order chi connectivity index (χ1) is 9.20. The molecule has 0 aromatic carbocycles. The fourth-order valence-electron chi connectivity index (χ4n) is 1.72. The molecule has 0 saturated carbocycles. The van der Waals surface area contributed by atoms with Gasteiger partial charge in [0.15, 0.2) is 0 Å². The molecule has 0 aliphatic rings. The highest BCUT2D eigenvalue weighted by molar-refractivity contribution is 5.33. The zero-order valence-electron chi connectivity index (χ0n) is 11.5.